The summed E-state index contributed by atoms with van der Waals surface area (Å²) in [4.78, 5) is 19.2. The predicted molar refractivity (Wildman–Crippen MR) is 83.1 cm³/mol. The normalized spacial score (nSPS) is 10.4. The van der Waals surface area contributed by atoms with Crippen molar-refractivity contribution in [2.75, 3.05) is 5.32 Å². The number of carbonyl (C=O) groups is 1. The molecule has 0 aliphatic heterocycles. The largest absolute Gasteiger partial charge is 0.306 e. The molecule has 6 nitrogen and oxygen atoms in total. The summed E-state index contributed by atoms with van der Waals surface area (Å²) in [5.74, 6) is 0.698. The fourth-order valence-corrected chi connectivity index (χ4v) is 2.09. The van der Waals surface area contributed by atoms with E-state index >= 15 is 0 Å². The van der Waals surface area contributed by atoms with E-state index < -0.39 is 0 Å². The zero-order valence-electron chi connectivity index (χ0n) is 12.1. The minimum Gasteiger partial charge on any atom is -0.306 e. The lowest BCUT2D eigenvalue weighted by Gasteiger charge is -2.04. The first kappa shape index (κ1) is 13.9. The van der Waals surface area contributed by atoms with Crippen molar-refractivity contribution in [3.8, 4) is 11.5 Å². The number of aryl methyl sites for hydroxylation is 1. The van der Waals surface area contributed by atoms with E-state index in [1.54, 1.807) is 6.20 Å². The summed E-state index contributed by atoms with van der Waals surface area (Å²) < 4.78 is 0. The molecule has 0 unspecified atom stereocenters. The molecule has 6 heteroatoms. The molecule has 1 amide bonds. The lowest BCUT2D eigenvalue weighted by atomic mass is 10.1. The number of amides is 1. The average molecular weight is 293 g/mol. The van der Waals surface area contributed by atoms with Crippen molar-refractivity contribution in [1.82, 2.24) is 20.2 Å². The van der Waals surface area contributed by atoms with Gasteiger partial charge in [0.2, 0.25) is 11.9 Å². The van der Waals surface area contributed by atoms with E-state index in [1.165, 1.54) is 0 Å². The molecule has 0 bridgehead atoms. The van der Waals surface area contributed by atoms with E-state index in [1.807, 2.05) is 49.4 Å². The maximum absolute atomic E-state index is 12.1. The maximum Gasteiger partial charge on any atom is 0.231 e. The van der Waals surface area contributed by atoms with Gasteiger partial charge in [0.1, 0.15) is 5.69 Å². The first-order chi connectivity index (χ1) is 10.7. The number of benzene rings is 1. The van der Waals surface area contributed by atoms with Crippen LogP contribution in [0.4, 0.5) is 5.95 Å². The van der Waals surface area contributed by atoms with Gasteiger partial charge in [0.25, 0.3) is 0 Å². The Bertz CT molecular complexity index is 782. The lowest BCUT2D eigenvalue weighted by molar-refractivity contribution is -0.115. The third-order valence-electron chi connectivity index (χ3n) is 3.26. The molecule has 3 aromatic rings. The molecule has 1 aromatic carbocycles. The number of rotatable bonds is 4. The van der Waals surface area contributed by atoms with Gasteiger partial charge >= 0.3 is 0 Å². The van der Waals surface area contributed by atoms with Crippen LogP contribution in [0.2, 0.25) is 0 Å². The zero-order valence-corrected chi connectivity index (χ0v) is 12.1. The standard InChI is InChI=1S/C16H15N5O/c1-11-6-2-3-7-12(11)10-14(22)18-16-19-15(20-21-16)13-8-4-5-9-17-13/h2-9H,10H2,1H3,(H2,18,19,20,21,22). The van der Waals surface area contributed by atoms with Crippen molar-refractivity contribution >= 4 is 11.9 Å². The fourth-order valence-electron chi connectivity index (χ4n) is 2.09. The van der Waals surface area contributed by atoms with Gasteiger partial charge in [-0.2, -0.15) is 0 Å². The maximum atomic E-state index is 12.1. The molecule has 0 saturated carbocycles. The number of anilines is 1. The van der Waals surface area contributed by atoms with Crippen LogP contribution in [0.3, 0.4) is 0 Å². The second kappa shape index (κ2) is 6.17. The van der Waals surface area contributed by atoms with Crippen LogP contribution in [0, 0.1) is 6.92 Å². The molecule has 3 rings (SSSR count). The monoisotopic (exact) mass is 293 g/mol. The summed E-state index contributed by atoms with van der Waals surface area (Å²) in [6, 6.07) is 13.3. The van der Waals surface area contributed by atoms with E-state index in [2.05, 4.69) is 25.5 Å². The van der Waals surface area contributed by atoms with Crippen LogP contribution in [-0.4, -0.2) is 26.1 Å². The van der Waals surface area contributed by atoms with Crippen LogP contribution in [-0.2, 0) is 11.2 Å². The first-order valence-corrected chi connectivity index (χ1v) is 6.91. The molecule has 110 valence electrons. The smallest absolute Gasteiger partial charge is 0.231 e. The summed E-state index contributed by atoms with van der Waals surface area (Å²) in [6.45, 7) is 1.98. The summed E-state index contributed by atoms with van der Waals surface area (Å²) in [5.41, 5.74) is 2.75. The Morgan fingerprint density at radius 3 is 2.73 bits per heavy atom. The Labute approximate surface area is 127 Å². The van der Waals surface area contributed by atoms with Gasteiger partial charge in [0, 0.05) is 6.20 Å². The molecule has 2 heterocycles. The predicted octanol–water partition coefficient (Wildman–Crippen LogP) is 2.36. The van der Waals surface area contributed by atoms with Gasteiger partial charge in [0.05, 0.1) is 6.42 Å². The summed E-state index contributed by atoms with van der Waals surface area (Å²) in [7, 11) is 0. The van der Waals surface area contributed by atoms with Gasteiger partial charge in [-0.3, -0.25) is 15.1 Å². The number of nitrogens with one attached hydrogen (secondary N) is 2. The van der Waals surface area contributed by atoms with Crippen molar-refractivity contribution in [2.24, 2.45) is 0 Å². The second-order valence-corrected chi connectivity index (χ2v) is 4.89. The average Bonchev–Trinajstić information content (AvgIpc) is 2.99. The number of hydrogen-bond donors (Lipinski definition) is 2. The van der Waals surface area contributed by atoms with Crippen molar-refractivity contribution in [3.05, 3.63) is 59.8 Å². The molecule has 0 saturated heterocycles. The highest BCUT2D eigenvalue weighted by atomic mass is 16.1. The summed E-state index contributed by atoms with van der Waals surface area (Å²) >= 11 is 0. The van der Waals surface area contributed by atoms with Crippen molar-refractivity contribution in [3.63, 3.8) is 0 Å². The molecule has 0 aliphatic carbocycles. The second-order valence-electron chi connectivity index (χ2n) is 4.89. The molecule has 0 atom stereocenters. The topological polar surface area (TPSA) is 83.6 Å². The van der Waals surface area contributed by atoms with Gasteiger partial charge in [-0.25, -0.2) is 0 Å². The summed E-state index contributed by atoms with van der Waals surface area (Å²) in [6.07, 6.45) is 1.97. The van der Waals surface area contributed by atoms with Gasteiger partial charge in [0.15, 0.2) is 5.82 Å². The number of hydrogen-bond acceptors (Lipinski definition) is 4. The van der Waals surface area contributed by atoms with E-state index in [4.69, 9.17) is 0 Å². The highest BCUT2D eigenvalue weighted by molar-refractivity contribution is 5.90. The van der Waals surface area contributed by atoms with E-state index in [-0.39, 0.29) is 5.91 Å². The number of aromatic nitrogens is 4. The molecule has 0 fully saturated rings. The summed E-state index contributed by atoms with van der Waals surface area (Å²) in [5, 5.41) is 10.6. The SMILES string of the molecule is Cc1ccccc1CC(=O)Nc1nnc(-c2ccccn2)[nH]1. The van der Waals surface area contributed by atoms with E-state index in [0.29, 0.717) is 23.9 Å². The Kier molecular flexibility index (Phi) is 3.91. The van der Waals surface area contributed by atoms with Crippen LogP contribution in [0.5, 0.6) is 0 Å². The molecule has 2 N–H and O–H groups in total. The number of carbonyl (C=O) groups excluding carboxylic acids is 1. The minimum atomic E-state index is -0.141. The molecule has 0 spiro atoms. The molecule has 0 aliphatic rings. The Hall–Kier alpha value is -3.02. The van der Waals surface area contributed by atoms with E-state index in [0.717, 1.165) is 11.1 Å². The molecule has 2 aromatic heterocycles. The third-order valence-corrected chi connectivity index (χ3v) is 3.26. The molecular formula is C16H15N5O. The highest BCUT2D eigenvalue weighted by Gasteiger charge is 2.10. The Morgan fingerprint density at radius 2 is 1.95 bits per heavy atom. The van der Waals surface area contributed by atoms with Crippen molar-refractivity contribution in [1.29, 1.82) is 0 Å². The van der Waals surface area contributed by atoms with Crippen LogP contribution in [0.1, 0.15) is 11.1 Å². The first-order valence-electron chi connectivity index (χ1n) is 6.91. The van der Waals surface area contributed by atoms with Gasteiger partial charge < -0.3 is 4.98 Å². The third kappa shape index (κ3) is 3.17. The highest BCUT2D eigenvalue weighted by Crippen LogP contribution is 2.13. The molecule has 22 heavy (non-hydrogen) atoms. The van der Waals surface area contributed by atoms with Gasteiger partial charge in [-0.05, 0) is 30.2 Å². The minimum absolute atomic E-state index is 0.141. The van der Waals surface area contributed by atoms with Crippen LogP contribution < -0.4 is 5.32 Å². The van der Waals surface area contributed by atoms with Crippen molar-refractivity contribution < 1.29 is 4.79 Å². The zero-order chi connectivity index (χ0) is 15.4. The molecule has 0 radical (unpaired) electrons. The van der Waals surface area contributed by atoms with Crippen LogP contribution >= 0.6 is 0 Å². The van der Waals surface area contributed by atoms with Crippen molar-refractivity contribution in [2.45, 2.75) is 13.3 Å². The Morgan fingerprint density at radius 1 is 1.14 bits per heavy atom. The quantitative estimate of drug-likeness (QED) is 0.773. The molecular weight excluding hydrogens is 278 g/mol. The van der Waals surface area contributed by atoms with Crippen LogP contribution in [0.25, 0.3) is 11.5 Å². The Balaban J connectivity index is 1.68. The number of nitrogens with zero attached hydrogens (tertiary/aromatic N) is 3. The van der Waals surface area contributed by atoms with Gasteiger partial charge in [-0.15, -0.1) is 10.2 Å². The van der Waals surface area contributed by atoms with Gasteiger partial charge in [-0.1, -0.05) is 30.3 Å². The number of pyridine rings is 1. The number of aromatic amines is 1. The fraction of sp³-hybridized carbons (Fsp3) is 0.125. The number of H-pyrrole nitrogens is 1. The van der Waals surface area contributed by atoms with Crippen LogP contribution in [0.15, 0.2) is 48.7 Å². The van der Waals surface area contributed by atoms with E-state index in [9.17, 15) is 4.79 Å². The lowest BCUT2D eigenvalue weighted by Crippen LogP contribution is -2.16.